The van der Waals surface area contributed by atoms with Gasteiger partial charge < -0.3 is 0 Å². The van der Waals surface area contributed by atoms with Crippen LogP contribution in [-0.4, -0.2) is 31.2 Å². The van der Waals surface area contributed by atoms with Crippen molar-refractivity contribution in [1.29, 1.82) is 0 Å². The molecule has 0 fully saturated rings. The number of thiazole rings is 1. The molecule has 2 aromatic rings. The van der Waals surface area contributed by atoms with E-state index in [-0.39, 0.29) is 6.61 Å². The van der Waals surface area contributed by atoms with E-state index in [4.69, 9.17) is 4.18 Å². The second-order valence-corrected chi connectivity index (χ2v) is 7.53. The molecule has 0 aliphatic heterocycles. The van der Waals surface area contributed by atoms with Crippen LogP contribution in [0.5, 0.6) is 0 Å². The normalized spacial score (nSPS) is 11.8. The van der Waals surface area contributed by atoms with Crippen LogP contribution in [0.3, 0.4) is 0 Å². The van der Waals surface area contributed by atoms with E-state index in [2.05, 4.69) is 16.9 Å². The molecule has 0 saturated heterocycles. The predicted molar refractivity (Wildman–Crippen MR) is 84.0 cm³/mol. The standard InChI is InChI=1S/C14H18N2O3S2/c1-4-12-9-11(5-7-15-12)14-16-13(10(2)20-14)6-8-19-21(3,17)18/h5,7,9H,4,6,8H2,1-3H3. The van der Waals surface area contributed by atoms with Crippen molar-refractivity contribution in [3.63, 3.8) is 0 Å². The summed E-state index contributed by atoms with van der Waals surface area (Å²) in [6.45, 7) is 4.17. The van der Waals surface area contributed by atoms with Crippen LogP contribution in [0.4, 0.5) is 0 Å². The van der Waals surface area contributed by atoms with Gasteiger partial charge in [0.25, 0.3) is 10.1 Å². The highest BCUT2D eigenvalue weighted by Crippen LogP contribution is 2.28. The molecular weight excluding hydrogens is 308 g/mol. The summed E-state index contributed by atoms with van der Waals surface area (Å²) >= 11 is 1.60. The summed E-state index contributed by atoms with van der Waals surface area (Å²) in [7, 11) is -3.39. The van der Waals surface area contributed by atoms with E-state index in [0.29, 0.717) is 6.42 Å². The Kier molecular flexibility index (Phi) is 5.08. The van der Waals surface area contributed by atoms with Gasteiger partial charge in [-0.3, -0.25) is 9.17 Å². The first-order valence-electron chi connectivity index (χ1n) is 6.65. The molecule has 2 aromatic heterocycles. The average Bonchev–Trinajstić information content (AvgIpc) is 2.79. The van der Waals surface area contributed by atoms with Gasteiger partial charge in [-0.05, 0) is 25.5 Å². The molecule has 5 nitrogen and oxygen atoms in total. The molecule has 114 valence electrons. The second kappa shape index (κ2) is 6.64. The zero-order valence-corrected chi connectivity index (χ0v) is 13.9. The first kappa shape index (κ1) is 16.1. The lowest BCUT2D eigenvalue weighted by molar-refractivity contribution is 0.324. The number of hydrogen-bond donors (Lipinski definition) is 0. The lowest BCUT2D eigenvalue weighted by atomic mass is 10.2. The molecule has 0 radical (unpaired) electrons. The first-order valence-corrected chi connectivity index (χ1v) is 9.28. The van der Waals surface area contributed by atoms with Crippen molar-refractivity contribution in [3.05, 3.63) is 34.6 Å². The van der Waals surface area contributed by atoms with Crippen LogP contribution in [0.25, 0.3) is 10.6 Å². The largest absolute Gasteiger partial charge is 0.270 e. The minimum absolute atomic E-state index is 0.124. The van der Waals surface area contributed by atoms with Crippen molar-refractivity contribution >= 4 is 21.5 Å². The van der Waals surface area contributed by atoms with E-state index < -0.39 is 10.1 Å². The van der Waals surface area contributed by atoms with Crippen molar-refractivity contribution < 1.29 is 12.6 Å². The molecule has 0 unspecified atom stereocenters. The molecule has 7 heteroatoms. The Labute approximate surface area is 129 Å². The Morgan fingerprint density at radius 3 is 2.81 bits per heavy atom. The summed E-state index contributed by atoms with van der Waals surface area (Å²) in [5.74, 6) is 0. The third-order valence-corrected chi connectivity index (χ3v) is 4.61. The van der Waals surface area contributed by atoms with Crippen LogP contribution in [0.2, 0.25) is 0 Å². The molecular formula is C14H18N2O3S2. The molecule has 0 atom stereocenters. The van der Waals surface area contributed by atoms with Crippen molar-refractivity contribution in [3.8, 4) is 10.6 Å². The lowest BCUT2D eigenvalue weighted by Gasteiger charge is -2.00. The maximum absolute atomic E-state index is 11.0. The highest BCUT2D eigenvalue weighted by molar-refractivity contribution is 7.85. The Balaban J connectivity index is 2.14. The molecule has 2 rings (SSSR count). The van der Waals surface area contributed by atoms with Crippen LogP contribution in [-0.2, 0) is 27.1 Å². The summed E-state index contributed by atoms with van der Waals surface area (Å²) in [5, 5.41) is 0.930. The highest BCUT2D eigenvalue weighted by atomic mass is 32.2. The molecule has 0 aromatic carbocycles. The summed E-state index contributed by atoms with van der Waals surface area (Å²) in [6.07, 6.45) is 4.21. The van der Waals surface area contributed by atoms with Gasteiger partial charge in [-0.1, -0.05) is 6.92 Å². The summed E-state index contributed by atoms with van der Waals surface area (Å²) in [4.78, 5) is 9.95. The topological polar surface area (TPSA) is 69.2 Å². The summed E-state index contributed by atoms with van der Waals surface area (Å²) in [5.41, 5.74) is 2.96. The van der Waals surface area contributed by atoms with E-state index >= 15 is 0 Å². The SMILES string of the molecule is CCc1cc(-c2nc(CCOS(C)(=O)=O)c(C)s2)ccn1. The fraction of sp³-hybridized carbons (Fsp3) is 0.429. The van der Waals surface area contributed by atoms with E-state index in [1.165, 1.54) is 0 Å². The third-order valence-electron chi connectivity index (χ3n) is 2.95. The van der Waals surface area contributed by atoms with Crippen LogP contribution >= 0.6 is 11.3 Å². The van der Waals surface area contributed by atoms with Gasteiger partial charge in [-0.25, -0.2) is 4.98 Å². The average molecular weight is 326 g/mol. The lowest BCUT2D eigenvalue weighted by Crippen LogP contribution is -2.06. The fourth-order valence-electron chi connectivity index (χ4n) is 1.88. The smallest absolute Gasteiger partial charge is 0.264 e. The minimum Gasteiger partial charge on any atom is -0.270 e. The molecule has 2 heterocycles. The number of pyridine rings is 1. The predicted octanol–water partition coefficient (Wildman–Crippen LogP) is 2.59. The molecule has 0 aliphatic rings. The van der Waals surface area contributed by atoms with Crippen LogP contribution in [0.1, 0.15) is 23.2 Å². The first-order chi connectivity index (χ1) is 9.89. The van der Waals surface area contributed by atoms with Crippen LogP contribution in [0, 0.1) is 6.92 Å². The Bertz CT molecular complexity index is 724. The Hall–Kier alpha value is -1.31. The van der Waals surface area contributed by atoms with Gasteiger partial charge in [0.2, 0.25) is 0 Å². The number of rotatable bonds is 6. The van der Waals surface area contributed by atoms with Crippen LogP contribution < -0.4 is 0 Å². The summed E-state index contributed by atoms with van der Waals surface area (Å²) in [6, 6.07) is 3.98. The molecule has 0 N–H and O–H groups in total. The third kappa shape index (κ3) is 4.59. The maximum atomic E-state index is 11.0. The number of hydrogen-bond acceptors (Lipinski definition) is 6. The van der Waals surface area contributed by atoms with Gasteiger partial charge in [-0.2, -0.15) is 8.42 Å². The minimum atomic E-state index is -3.39. The van der Waals surface area contributed by atoms with E-state index in [9.17, 15) is 8.42 Å². The zero-order valence-electron chi connectivity index (χ0n) is 12.3. The molecule has 0 bridgehead atoms. The van der Waals surface area contributed by atoms with Gasteiger partial charge in [0.05, 0.1) is 18.6 Å². The van der Waals surface area contributed by atoms with E-state index in [1.807, 2.05) is 19.1 Å². The second-order valence-electron chi connectivity index (χ2n) is 4.69. The van der Waals surface area contributed by atoms with Gasteiger partial charge in [-0.15, -0.1) is 11.3 Å². The van der Waals surface area contributed by atoms with E-state index in [0.717, 1.165) is 39.5 Å². The fourth-order valence-corrected chi connectivity index (χ4v) is 3.22. The van der Waals surface area contributed by atoms with Crippen molar-refractivity contribution in [1.82, 2.24) is 9.97 Å². The monoisotopic (exact) mass is 326 g/mol. The maximum Gasteiger partial charge on any atom is 0.264 e. The molecule has 0 aliphatic carbocycles. The van der Waals surface area contributed by atoms with Crippen LogP contribution in [0.15, 0.2) is 18.3 Å². The molecule has 0 spiro atoms. The van der Waals surface area contributed by atoms with Gasteiger partial charge in [0.15, 0.2) is 0 Å². The number of aryl methyl sites for hydroxylation is 2. The molecule has 0 amide bonds. The van der Waals surface area contributed by atoms with Gasteiger partial charge >= 0.3 is 0 Å². The van der Waals surface area contributed by atoms with Gasteiger partial charge in [0.1, 0.15) is 5.01 Å². The summed E-state index contributed by atoms with van der Waals surface area (Å²) < 4.78 is 26.7. The zero-order chi connectivity index (χ0) is 15.5. The van der Waals surface area contributed by atoms with Crippen molar-refractivity contribution in [2.45, 2.75) is 26.7 Å². The Morgan fingerprint density at radius 1 is 1.38 bits per heavy atom. The quantitative estimate of drug-likeness (QED) is 0.763. The van der Waals surface area contributed by atoms with Crippen molar-refractivity contribution in [2.24, 2.45) is 0 Å². The molecule has 21 heavy (non-hydrogen) atoms. The number of nitrogens with zero attached hydrogens (tertiary/aromatic N) is 2. The van der Waals surface area contributed by atoms with Crippen molar-refractivity contribution in [2.75, 3.05) is 12.9 Å². The Morgan fingerprint density at radius 2 is 2.14 bits per heavy atom. The van der Waals surface area contributed by atoms with E-state index in [1.54, 1.807) is 17.5 Å². The number of aromatic nitrogens is 2. The van der Waals surface area contributed by atoms with Gasteiger partial charge in [0, 0.05) is 28.8 Å². The molecule has 0 saturated carbocycles. The highest BCUT2D eigenvalue weighted by Gasteiger charge is 2.11.